The van der Waals surface area contributed by atoms with Crippen LogP contribution >= 0.6 is 11.6 Å². The van der Waals surface area contributed by atoms with Crippen LogP contribution in [0, 0.1) is 5.82 Å². The number of carboxylic acids is 1. The van der Waals surface area contributed by atoms with Crippen molar-refractivity contribution >= 4 is 23.5 Å². The second-order valence-corrected chi connectivity index (χ2v) is 6.89. The molecule has 1 aromatic carbocycles. The average Bonchev–Trinajstić information content (AvgIpc) is 2.47. The molecular weight excluding hydrogens is 353 g/mol. The largest absolute Gasteiger partial charge is 0.480 e. The molecule has 0 aromatic heterocycles. The summed E-state index contributed by atoms with van der Waals surface area (Å²) in [5.41, 5.74) is -0.400. The second-order valence-electron chi connectivity index (χ2n) is 6.48. The van der Waals surface area contributed by atoms with E-state index >= 15 is 0 Å². The molecule has 0 aliphatic heterocycles. The Kier molecular flexibility index (Phi) is 7.63. The molecule has 2 atom stereocenters. The molecule has 0 spiro atoms. The van der Waals surface area contributed by atoms with Crippen LogP contribution in [0.3, 0.4) is 0 Å². The van der Waals surface area contributed by atoms with Crippen molar-refractivity contribution in [2.75, 3.05) is 6.61 Å². The Labute approximate surface area is 151 Å². The first-order chi connectivity index (χ1) is 11.5. The number of benzene rings is 1. The van der Waals surface area contributed by atoms with Gasteiger partial charge in [-0.2, -0.15) is 0 Å². The first kappa shape index (κ1) is 21.2. The molecule has 1 amide bonds. The lowest BCUT2D eigenvalue weighted by Gasteiger charge is -2.22. The van der Waals surface area contributed by atoms with Gasteiger partial charge in [-0.05, 0) is 45.9 Å². The van der Waals surface area contributed by atoms with Crippen molar-refractivity contribution in [2.45, 2.75) is 51.9 Å². The van der Waals surface area contributed by atoms with Crippen LogP contribution in [0.1, 0.15) is 34.1 Å². The zero-order valence-electron chi connectivity index (χ0n) is 14.6. The molecule has 0 saturated carbocycles. The van der Waals surface area contributed by atoms with Crippen molar-refractivity contribution in [3.8, 4) is 5.75 Å². The number of nitrogens with one attached hydrogen (secondary N) is 1. The molecule has 2 N–H and O–H groups in total. The van der Waals surface area contributed by atoms with Crippen LogP contribution in [-0.4, -0.2) is 41.3 Å². The highest BCUT2D eigenvalue weighted by Gasteiger charge is 2.25. The van der Waals surface area contributed by atoms with Crippen molar-refractivity contribution < 1.29 is 28.6 Å². The van der Waals surface area contributed by atoms with Crippen LogP contribution in [0.25, 0.3) is 0 Å². The van der Waals surface area contributed by atoms with Gasteiger partial charge in [0.2, 0.25) is 0 Å². The van der Waals surface area contributed by atoms with Crippen molar-refractivity contribution in [1.82, 2.24) is 5.32 Å². The van der Waals surface area contributed by atoms with Crippen LogP contribution in [0.4, 0.5) is 4.39 Å². The lowest BCUT2D eigenvalue weighted by atomic mass is 10.1. The first-order valence-electron chi connectivity index (χ1n) is 7.78. The van der Waals surface area contributed by atoms with Gasteiger partial charge in [-0.25, -0.2) is 9.18 Å². The molecule has 6 nitrogen and oxygen atoms in total. The Balaban J connectivity index is 2.62. The van der Waals surface area contributed by atoms with Crippen molar-refractivity contribution in [3.63, 3.8) is 0 Å². The summed E-state index contributed by atoms with van der Waals surface area (Å²) in [4.78, 5) is 23.4. The maximum absolute atomic E-state index is 13.0. The molecular formula is C17H23ClFNO5. The minimum atomic E-state index is -1.17. The highest BCUT2D eigenvalue weighted by Crippen LogP contribution is 2.25. The predicted octanol–water partition coefficient (Wildman–Crippen LogP) is 3.02. The summed E-state index contributed by atoms with van der Waals surface area (Å²) in [6.45, 7) is 7.18. The number of hydrogen-bond donors (Lipinski definition) is 2. The van der Waals surface area contributed by atoms with Gasteiger partial charge in [0, 0.05) is 13.0 Å². The Morgan fingerprint density at radius 1 is 1.36 bits per heavy atom. The van der Waals surface area contributed by atoms with Crippen molar-refractivity contribution in [1.29, 1.82) is 0 Å². The summed E-state index contributed by atoms with van der Waals surface area (Å²) in [5.74, 6) is -2.19. The fourth-order valence-corrected chi connectivity index (χ4v) is 2.06. The smallest absolute Gasteiger partial charge is 0.326 e. The topological polar surface area (TPSA) is 84.9 Å². The Bertz CT molecular complexity index is 618. The highest BCUT2D eigenvalue weighted by atomic mass is 35.5. The molecule has 0 fully saturated rings. The number of carboxylic acid groups (broad SMARTS) is 1. The van der Waals surface area contributed by atoms with Gasteiger partial charge >= 0.3 is 5.97 Å². The second kappa shape index (κ2) is 9.01. The number of ether oxygens (including phenoxy) is 2. The van der Waals surface area contributed by atoms with Gasteiger partial charge in [0.25, 0.3) is 5.91 Å². The molecule has 2 unspecified atom stereocenters. The monoisotopic (exact) mass is 375 g/mol. The van der Waals surface area contributed by atoms with E-state index in [-0.39, 0.29) is 23.8 Å². The predicted molar refractivity (Wildman–Crippen MR) is 91.4 cm³/mol. The molecule has 1 rings (SSSR count). The fraction of sp³-hybridized carbons (Fsp3) is 0.529. The Morgan fingerprint density at radius 3 is 2.52 bits per heavy atom. The number of carbonyl (C=O) groups is 2. The minimum absolute atomic E-state index is 0.0213. The summed E-state index contributed by atoms with van der Waals surface area (Å²) in [5, 5.41) is 11.6. The maximum atomic E-state index is 13.0. The van der Waals surface area contributed by atoms with Crippen LogP contribution in [0.15, 0.2) is 18.2 Å². The van der Waals surface area contributed by atoms with Crippen LogP contribution < -0.4 is 10.1 Å². The molecule has 0 saturated heterocycles. The maximum Gasteiger partial charge on any atom is 0.326 e. The third kappa shape index (κ3) is 7.70. The minimum Gasteiger partial charge on any atom is -0.480 e. The zero-order valence-corrected chi connectivity index (χ0v) is 15.4. The van der Waals surface area contributed by atoms with E-state index in [0.717, 1.165) is 12.1 Å². The van der Waals surface area contributed by atoms with E-state index in [2.05, 4.69) is 5.32 Å². The number of aliphatic carboxylic acids is 1. The summed E-state index contributed by atoms with van der Waals surface area (Å²) in [7, 11) is 0. The zero-order chi connectivity index (χ0) is 19.2. The van der Waals surface area contributed by atoms with Crippen LogP contribution in [-0.2, 0) is 14.3 Å². The molecule has 0 radical (unpaired) electrons. The van der Waals surface area contributed by atoms with Gasteiger partial charge in [0.05, 0.1) is 10.6 Å². The van der Waals surface area contributed by atoms with E-state index in [1.165, 1.54) is 13.0 Å². The molecule has 0 heterocycles. The van der Waals surface area contributed by atoms with E-state index in [0.29, 0.717) is 0 Å². The third-order valence-electron chi connectivity index (χ3n) is 3.12. The van der Waals surface area contributed by atoms with Gasteiger partial charge in [0.1, 0.15) is 17.6 Å². The number of amides is 1. The molecule has 25 heavy (non-hydrogen) atoms. The number of rotatable bonds is 8. The van der Waals surface area contributed by atoms with Crippen molar-refractivity contribution in [2.24, 2.45) is 0 Å². The Morgan fingerprint density at radius 2 is 2.00 bits per heavy atom. The summed E-state index contributed by atoms with van der Waals surface area (Å²) in [6, 6.07) is 2.40. The first-order valence-corrected chi connectivity index (χ1v) is 8.16. The van der Waals surface area contributed by atoms with E-state index in [9.17, 15) is 19.1 Å². The molecule has 0 aliphatic rings. The lowest BCUT2D eigenvalue weighted by Crippen LogP contribution is -2.47. The molecule has 0 aliphatic carbocycles. The summed E-state index contributed by atoms with van der Waals surface area (Å²) in [6.07, 6.45) is -0.893. The van der Waals surface area contributed by atoms with Crippen LogP contribution in [0.5, 0.6) is 5.75 Å². The normalized spacial score (nSPS) is 13.8. The van der Waals surface area contributed by atoms with Gasteiger partial charge in [-0.15, -0.1) is 0 Å². The van der Waals surface area contributed by atoms with Gasteiger partial charge in [-0.1, -0.05) is 11.6 Å². The molecule has 140 valence electrons. The SMILES string of the molecule is CC(Oc1ccc(F)cc1Cl)C(=O)NC(CCOC(C)(C)C)C(=O)O. The van der Waals surface area contributed by atoms with E-state index in [1.807, 2.05) is 20.8 Å². The van der Waals surface area contributed by atoms with E-state index < -0.39 is 35.4 Å². The quantitative estimate of drug-likeness (QED) is 0.729. The molecule has 8 heteroatoms. The fourth-order valence-electron chi connectivity index (χ4n) is 1.84. The Hall–Kier alpha value is -1.86. The van der Waals surface area contributed by atoms with Crippen LogP contribution in [0.2, 0.25) is 5.02 Å². The van der Waals surface area contributed by atoms with E-state index in [4.69, 9.17) is 21.1 Å². The highest BCUT2D eigenvalue weighted by molar-refractivity contribution is 6.32. The standard InChI is InChI=1S/C17H23ClFNO5/c1-10(25-14-6-5-11(19)9-12(14)18)15(21)20-13(16(22)23)7-8-24-17(2,3)4/h5-6,9-10,13H,7-8H2,1-4H3,(H,20,21)(H,22,23). The van der Waals surface area contributed by atoms with Gasteiger partial charge in [0.15, 0.2) is 6.10 Å². The van der Waals surface area contributed by atoms with Crippen molar-refractivity contribution in [3.05, 3.63) is 29.0 Å². The third-order valence-corrected chi connectivity index (χ3v) is 3.42. The van der Waals surface area contributed by atoms with Gasteiger partial charge < -0.3 is 19.9 Å². The lowest BCUT2D eigenvalue weighted by molar-refractivity contribution is -0.143. The van der Waals surface area contributed by atoms with E-state index in [1.54, 1.807) is 0 Å². The number of carbonyl (C=O) groups excluding carboxylic acids is 1. The average molecular weight is 376 g/mol. The number of hydrogen-bond acceptors (Lipinski definition) is 4. The summed E-state index contributed by atoms with van der Waals surface area (Å²) < 4.78 is 23.9. The molecule has 1 aromatic rings. The van der Waals surface area contributed by atoms with Gasteiger partial charge in [-0.3, -0.25) is 4.79 Å². The molecule has 0 bridgehead atoms. The number of halogens is 2. The summed E-state index contributed by atoms with van der Waals surface area (Å²) >= 11 is 5.84.